The summed E-state index contributed by atoms with van der Waals surface area (Å²) < 4.78 is 1.44. The number of benzene rings is 1. The molecule has 4 aromatic rings. The SMILES string of the molecule is O=C(Nc1cccc(-c2ncn[nH]2)c1)c1ccc2nnnn2c1. The van der Waals surface area contributed by atoms with Gasteiger partial charge in [0, 0.05) is 17.4 Å². The number of anilines is 1. The van der Waals surface area contributed by atoms with E-state index in [1.807, 2.05) is 18.2 Å². The average Bonchev–Trinajstić information content (AvgIpc) is 3.26. The number of fused-ring (bicyclic) bond motifs is 1. The van der Waals surface area contributed by atoms with E-state index >= 15 is 0 Å². The summed E-state index contributed by atoms with van der Waals surface area (Å²) in [6.45, 7) is 0. The first-order valence-electron chi connectivity index (χ1n) is 6.74. The van der Waals surface area contributed by atoms with Gasteiger partial charge < -0.3 is 5.32 Å². The van der Waals surface area contributed by atoms with Crippen molar-refractivity contribution in [2.24, 2.45) is 0 Å². The highest BCUT2D eigenvalue weighted by Gasteiger charge is 2.09. The summed E-state index contributed by atoms with van der Waals surface area (Å²) in [5.74, 6) is 0.383. The first kappa shape index (κ1) is 13.1. The molecule has 9 heteroatoms. The van der Waals surface area contributed by atoms with Gasteiger partial charge in [0.1, 0.15) is 6.33 Å². The Morgan fingerprint density at radius 3 is 3.04 bits per heavy atom. The minimum absolute atomic E-state index is 0.253. The minimum Gasteiger partial charge on any atom is -0.322 e. The minimum atomic E-state index is -0.253. The van der Waals surface area contributed by atoms with Crippen LogP contribution < -0.4 is 5.32 Å². The number of nitrogens with zero attached hydrogens (tertiary/aromatic N) is 6. The number of hydrogen-bond acceptors (Lipinski definition) is 6. The normalized spacial score (nSPS) is 10.8. The van der Waals surface area contributed by atoms with Gasteiger partial charge in [-0.25, -0.2) is 4.98 Å². The number of rotatable bonds is 3. The molecule has 0 spiro atoms. The van der Waals surface area contributed by atoms with Crippen molar-refractivity contribution in [3.05, 3.63) is 54.5 Å². The van der Waals surface area contributed by atoms with Crippen LogP contribution in [0, 0.1) is 0 Å². The monoisotopic (exact) mass is 306 g/mol. The zero-order chi connectivity index (χ0) is 15.6. The molecule has 1 amide bonds. The lowest BCUT2D eigenvalue weighted by Crippen LogP contribution is -2.12. The van der Waals surface area contributed by atoms with Crippen LogP contribution in [0.3, 0.4) is 0 Å². The maximum Gasteiger partial charge on any atom is 0.257 e. The highest BCUT2D eigenvalue weighted by molar-refractivity contribution is 6.04. The molecule has 0 unspecified atom stereocenters. The Balaban J connectivity index is 1.59. The molecule has 3 heterocycles. The number of carbonyl (C=O) groups excluding carboxylic acids is 1. The fourth-order valence-electron chi connectivity index (χ4n) is 2.17. The molecule has 0 aliphatic rings. The predicted octanol–water partition coefficient (Wildman–Crippen LogP) is 1.16. The number of pyridine rings is 1. The molecular weight excluding hydrogens is 296 g/mol. The van der Waals surface area contributed by atoms with E-state index in [4.69, 9.17) is 0 Å². The van der Waals surface area contributed by atoms with Crippen molar-refractivity contribution >= 4 is 17.2 Å². The highest BCUT2D eigenvalue weighted by Crippen LogP contribution is 2.19. The Morgan fingerprint density at radius 2 is 2.17 bits per heavy atom. The first-order valence-corrected chi connectivity index (χ1v) is 6.74. The van der Waals surface area contributed by atoms with Crippen LogP contribution in [0.25, 0.3) is 17.0 Å². The van der Waals surface area contributed by atoms with E-state index in [2.05, 4.69) is 36.0 Å². The molecule has 3 aromatic heterocycles. The Labute approximate surface area is 129 Å². The summed E-state index contributed by atoms with van der Waals surface area (Å²) in [6.07, 6.45) is 3.01. The topological polar surface area (TPSA) is 114 Å². The van der Waals surface area contributed by atoms with Gasteiger partial charge in [-0.2, -0.15) is 9.61 Å². The zero-order valence-corrected chi connectivity index (χ0v) is 11.7. The summed E-state index contributed by atoms with van der Waals surface area (Å²) in [4.78, 5) is 16.4. The van der Waals surface area contributed by atoms with Crippen LogP contribution >= 0.6 is 0 Å². The number of hydrogen-bond donors (Lipinski definition) is 2. The van der Waals surface area contributed by atoms with Gasteiger partial charge in [0.2, 0.25) is 0 Å². The van der Waals surface area contributed by atoms with Gasteiger partial charge in [0.25, 0.3) is 5.91 Å². The van der Waals surface area contributed by atoms with E-state index in [-0.39, 0.29) is 5.91 Å². The molecule has 4 rings (SSSR count). The van der Waals surface area contributed by atoms with E-state index in [0.29, 0.717) is 22.7 Å². The van der Waals surface area contributed by atoms with Crippen LogP contribution in [0.2, 0.25) is 0 Å². The smallest absolute Gasteiger partial charge is 0.257 e. The molecular formula is C14H10N8O. The van der Waals surface area contributed by atoms with Gasteiger partial charge in [-0.15, -0.1) is 5.10 Å². The van der Waals surface area contributed by atoms with E-state index in [0.717, 1.165) is 5.56 Å². The summed E-state index contributed by atoms with van der Waals surface area (Å²) in [5, 5.41) is 20.5. The third-order valence-corrected chi connectivity index (χ3v) is 3.26. The lowest BCUT2D eigenvalue weighted by Gasteiger charge is -2.06. The standard InChI is InChI=1S/C14H10N8O/c23-14(10-4-5-12-18-20-21-22(12)7-10)17-11-3-1-2-9(6-11)13-15-8-16-19-13/h1-8H,(H,17,23)(H,15,16,19). The summed E-state index contributed by atoms with van der Waals surface area (Å²) in [7, 11) is 0. The Bertz CT molecular complexity index is 975. The molecule has 1 aromatic carbocycles. The first-order chi connectivity index (χ1) is 11.3. The van der Waals surface area contributed by atoms with E-state index in [1.54, 1.807) is 24.4 Å². The van der Waals surface area contributed by atoms with Gasteiger partial charge in [0.05, 0.1) is 5.56 Å². The number of H-pyrrole nitrogens is 1. The fraction of sp³-hybridized carbons (Fsp3) is 0. The summed E-state index contributed by atoms with van der Waals surface area (Å²) in [6, 6.07) is 10.7. The molecule has 0 aliphatic heterocycles. The van der Waals surface area contributed by atoms with Crippen molar-refractivity contribution in [3.8, 4) is 11.4 Å². The Hall–Kier alpha value is -3.62. The van der Waals surface area contributed by atoms with Gasteiger partial charge in [-0.3, -0.25) is 9.89 Å². The van der Waals surface area contributed by atoms with Crippen molar-refractivity contribution in [1.29, 1.82) is 0 Å². The van der Waals surface area contributed by atoms with Crippen LogP contribution in [0.4, 0.5) is 5.69 Å². The third kappa shape index (κ3) is 2.50. The van der Waals surface area contributed by atoms with Crippen LogP contribution in [-0.4, -0.2) is 41.1 Å². The third-order valence-electron chi connectivity index (χ3n) is 3.26. The van der Waals surface area contributed by atoms with Crippen molar-refractivity contribution in [3.63, 3.8) is 0 Å². The van der Waals surface area contributed by atoms with Crippen LogP contribution in [0.15, 0.2) is 48.9 Å². The Kier molecular flexibility index (Phi) is 3.01. The second-order valence-electron chi connectivity index (χ2n) is 4.77. The molecule has 9 nitrogen and oxygen atoms in total. The van der Waals surface area contributed by atoms with Gasteiger partial charge in [-0.05, 0) is 34.7 Å². The number of tetrazole rings is 1. The van der Waals surface area contributed by atoms with Crippen molar-refractivity contribution in [2.45, 2.75) is 0 Å². The second kappa shape index (κ2) is 5.30. The number of amides is 1. The van der Waals surface area contributed by atoms with Crippen LogP contribution in [0.1, 0.15) is 10.4 Å². The second-order valence-corrected chi connectivity index (χ2v) is 4.77. The number of aromatic nitrogens is 7. The molecule has 0 atom stereocenters. The maximum atomic E-state index is 12.3. The zero-order valence-electron chi connectivity index (χ0n) is 11.7. The predicted molar refractivity (Wildman–Crippen MR) is 80.6 cm³/mol. The van der Waals surface area contributed by atoms with Gasteiger partial charge >= 0.3 is 0 Å². The van der Waals surface area contributed by atoms with Crippen LogP contribution in [0.5, 0.6) is 0 Å². The quantitative estimate of drug-likeness (QED) is 0.587. The molecule has 112 valence electrons. The van der Waals surface area contributed by atoms with Crippen LogP contribution in [-0.2, 0) is 0 Å². The number of carbonyl (C=O) groups is 1. The van der Waals surface area contributed by atoms with Crippen molar-refractivity contribution < 1.29 is 4.79 Å². The average molecular weight is 306 g/mol. The molecule has 0 saturated carbocycles. The van der Waals surface area contributed by atoms with E-state index in [1.165, 1.54) is 10.8 Å². The van der Waals surface area contributed by atoms with Crippen molar-refractivity contribution in [2.75, 3.05) is 5.32 Å². The molecule has 0 aliphatic carbocycles. The van der Waals surface area contributed by atoms with Gasteiger partial charge in [0.15, 0.2) is 11.5 Å². The van der Waals surface area contributed by atoms with E-state index in [9.17, 15) is 4.79 Å². The molecule has 2 N–H and O–H groups in total. The largest absolute Gasteiger partial charge is 0.322 e. The molecule has 0 bridgehead atoms. The van der Waals surface area contributed by atoms with Gasteiger partial charge in [-0.1, -0.05) is 12.1 Å². The molecule has 0 saturated heterocycles. The lowest BCUT2D eigenvalue weighted by atomic mass is 10.2. The lowest BCUT2D eigenvalue weighted by molar-refractivity contribution is 0.102. The Morgan fingerprint density at radius 1 is 1.22 bits per heavy atom. The summed E-state index contributed by atoms with van der Waals surface area (Å²) >= 11 is 0. The maximum absolute atomic E-state index is 12.3. The highest BCUT2D eigenvalue weighted by atomic mass is 16.1. The molecule has 0 radical (unpaired) electrons. The summed E-state index contributed by atoms with van der Waals surface area (Å²) in [5.41, 5.74) is 2.51. The fourth-order valence-corrected chi connectivity index (χ4v) is 2.17. The molecule has 0 fully saturated rings. The molecule has 23 heavy (non-hydrogen) atoms. The number of nitrogens with one attached hydrogen (secondary N) is 2. The van der Waals surface area contributed by atoms with Crippen molar-refractivity contribution in [1.82, 2.24) is 35.2 Å². The number of aromatic amines is 1. The van der Waals surface area contributed by atoms with E-state index < -0.39 is 0 Å².